The van der Waals surface area contributed by atoms with Crippen molar-refractivity contribution in [3.05, 3.63) is 35.1 Å². The lowest BCUT2D eigenvalue weighted by Gasteiger charge is -2.31. The van der Waals surface area contributed by atoms with Crippen molar-refractivity contribution in [3.8, 4) is 0 Å². The summed E-state index contributed by atoms with van der Waals surface area (Å²) in [6.45, 7) is 0.648. The molecule has 0 amide bonds. The van der Waals surface area contributed by atoms with E-state index in [0.29, 0.717) is 25.2 Å². The molecule has 1 aromatic rings. The number of aliphatic hydroxyl groups excluding tert-OH is 1. The fourth-order valence-electron chi connectivity index (χ4n) is 2.19. The van der Waals surface area contributed by atoms with E-state index in [1.807, 2.05) is 0 Å². The molecular formula is C12H14F3NO2. The number of rotatable bonds is 3. The summed E-state index contributed by atoms with van der Waals surface area (Å²) in [4.78, 5) is 0. The van der Waals surface area contributed by atoms with Crippen molar-refractivity contribution in [2.75, 3.05) is 19.8 Å². The minimum Gasteiger partial charge on any atom is -0.388 e. The Morgan fingerprint density at radius 3 is 2.50 bits per heavy atom. The quantitative estimate of drug-likeness (QED) is 0.811. The zero-order valence-electron chi connectivity index (χ0n) is 9.63. The van der Waals surface area contributed by atoms with Crippen LogP contribution in [0.2, 0.25) is 0 Å². The number of benzene rings is 1. The maximum atomic E-state index is 13.6. The van der Waals surface area contributed by atoms with Gasteiger partial charge in [0.25, 0.3) is 0 Å². The molecule has 1 aliphatic rings. The molecule has 1 aromatic carbocycles. The van der Waals surface area contributed by atoms with Gasteiger partial charge in [0.1, 0.15) is 5.82 Å². The Labute approximate surface area is 102 Å². The Balaban J connectivity index is 2.39. The molecule has 3 nitrogen and oxygen atoms in total. The lowest BCUT2D eigenvalue weighted by atomic mass is 9.78. The largest absolute Gasteiger partial charge is 0.388 e. The minimum atomic E-state index is -1.32. The summed E-state index contributed by atoms with van der Waals surface area (Å²) in [5, 5.41) is 10.2. The third-order valence-electron chi connectivity index (χ3n) is 3.45. The summed E-state index contributed by atoms with van der Waals surface area (Å²) in [5.41, 5.74) is 4.47. The highest BCUT2D eigenvalue weighted by molar-refractivity contribution is 5.24. The van der Waals surface area contributed by atoms with Crippen LogP contribution in [0.5, 0.6) is 0 Å². The van der Waals surface area contributed by atoms with Gasteiger partial charge in [0.05, 0.1) is 12.7 Å². The van der Waals surface area contributed by atoms with Crippen molar-refractivity contribution in [1.29, 1.82) is 0 Å². The van der Waals surface area contributed by atoms with Gasteiger partial charge in [-0.05, 0) is 12.5 Å². The van der Waals surface area contributed by atoms with Crippen LogP contribution in [0.4, 0.5) is 13.2 Å². The zero-order chi connectivity index (χ0) is 13.3. The van der Waals surface area contributed by atoms with E-state index in [4.69, 9.17) is 10.5 Å². The first kappa shape index (κ1) is 13.3. The van der Waals surface area contributed by atoms with Gasteiger partial charge in [-0.3, -0.25) is 0 Å². The molecule has 0 bridgehead atoms. The summed E-state index contributed by atoms with van der Waals surface area (Å²) < 4.78 is 44.7. The molecule has 2 atom stereocenters. The van der Waals surface area contributed by atoms with Crippen LogP contribution in [0.3, 0.4) is 0 Å². The first-order valence-electron chi connectivity index (χ1n) is 5.60. The maximum Gasteiger partial charge on any atom is 0.161 e. The molecule has 0 spiro atoms. The predicted octanol–water partition coefficient (Wildman–Crippen LogP) is 1.50. The second-order valence-corrected chi connectivity index (χ2v) is 4.56. The molecule has 0 saturated carbocycles. The minimum absolute atomic E-state index is 0.0760. The van der Waals surface area contributed by atoms with E-state index in [9.17, 15) is 18.3 Å². The fraction of sp³-hybridized carbons (Fsp3) is 0.500. The van der Waals surface area contributed by atoms with Crippen LogP contribution in [0.1, 0.15) is 18.1 Å². The van der Waals surface area contributed by atoms with Gasteiger partial charge in [0.2, 0.25) is 0 Å². The zero-order valence-corrected chi connectivity index (χ0v) is 9.63. The lowest BCUT2D eigenvalue weighted by Crippen LogP contribution is -2.37. The van der Waals surface area contributed by atoms with Crippen LogP contribution in [-0.2, 0) is 4.74 Å². The van der Waals surface area contributed by atoms with Gasteiger partial charge < -0.3 is 15.6 Å². The van der Waals surface area contributed by atoms with Crippen LogP contribution < -0.4 is 5.73 Å². The lowest BCUT2D eigenvalue weighted by molar-refractivity contribution is 0.0165. The van der Waals surface area contributed by atoms with Crippen LogP contribution in [0, 0.1) is 22.9 Å². The molecule has 1 aliphatic heterocycles. The Morgan fingerprint density at radius 1 is 1.28 bits per heavy atom. The van der Waals surface area contributed by atoms with Crippen molar-refractivity contribution in [3.63, 3.8) is 0 Å². The number of hydrogen-bond donors (Lipinski definition) is 2. The predicted molar refractivity (Wildman–Crippen MR) is 58.2 cm³/mol. The summed E-state index contributed by atoms with van der Waals surface area (Å²) >= 11 is 0. The maximum absolute atomic E-state index is 13.6. The van der Waals surface area contributed by atoms with Crippen LogP contribution in [0.15, 0.2) is 12.1 Å². The summed E-state index contributed by atoms with van der Waals surface area (Å²) in [6, 6.07) is 1.10. The number of halogens is 3. The number of hydrogen-bond acceptors (Lipinski definition) is 3. The summed E-state index contributed by atoms with van der Waals surface area (Å²) in [7, 11) is 0. The van der Waals surface area contributed by atoms with E-state index in [1.54, 1.807) is 0 Å². The monoisotopic (exact) mass is 261 g/mol. The van der Waals surface area contributed by atoms with Gasteiger partial charge in [-0.2, -0.15) is 0 Å². The molecule has 1 fully saturated rings. The standard InChI is InChI=1S/C12H14F3NO2/c13-8-4-10(15)9(14)3-7(8)11(17)12(5-16)1-2-18-6-12/h3-4,11,17H,1-2,5-6,16H2. The molecule has 0 radical (unpaired) electrons. The van der Waals surface area contributed by atoms with Crippen molar-refractivity contribution in [2.24, 2.45) is 11.1 Å². The molecule has 2 rings (SSSR count). The highest BCUT2D eigenvalue weighted by Gasteiger charge is 2.42. The van der Waals surface area contributed by atoms with Crippen molar-refractivity contribution in [2.45, 2.75) is 12.5 Å². The van der Waals surface area contributed by atoms with E-state index in [0.717, 1.165) is 0 Å². The molecule has 1 heterocycles. The third-order valence-corrected chi connectivity index (χ3v) is 3.45. The van der Waals surface area contributed by atoms with Gasteiger partial charge in [-0.1, -0.05) is 0 Å². The molecular weight excluding hydrogens is 247 g/mol. The highest BCUT2D eigenvalue weighted by Crippen LogP contribution is 2.41. The second-order valence-electron chi connectivity index (χ2n) is 4.56. The van der Waals surface area contributed by atoms with Gasteiger partial charge >= 0.3 is 0 Å². The average molecular weight is 261 g/mol. The van der Waals surface area contributed by atoms with E-state index in [-0.39, 0.29) is 18.7 Å². The van der Waals surface area contributed by atoms with E-state index < -0.39 is 29.0 Å². The molecule has 6 heteroatoms. The Bertz CT molecular complexity index is 447. The van der Waals surface area contributed by atoms with Gasteiger partial charge in [-0.15, -0.1) is 0 Å². The van der Waals surface area contributed by atoms with E-state index in [1.165, 1.54) is 0 Å². The van der Waals surface area contributed by atoms with Crippen molar-refractivity contribution < 1.29 is 23.0 Å². The Kier molecular flexibility index (Phi) is 3.61. The Morgan fingerprint density at radius 2 is 1.94 bits per heavy atom. The van der Waals surface area contributed by atoms with E-state index >= 15 is 0 Å². The molecule has 1 saturated heterocycles. The molecule has 0 aliphatic carbocycles. The average Bonchev–Trinajstić information content (AvgIpc) is 2.83. The van der Waals surface area contributed by atoms with Gasteiger partial charge in [-0.25, -0.2) is 13.2 Å². The smallest absolute Gasteiger partial charge is 0.161 e. The Hall–Kier alpha value is -1.11. The van der Waals surface area contributed by atoms with Crippen LogP contribution in [-0.4, -0.2) is 24.9 Å². The molecule has 3 N–H and O–H groups in total. The third kappa shape index (κ3) is 2.11. The highest BCUT2D eigenvalue weighted by atomic mass is 19.2. The number of nitrogens with two attached hydrogens (primary N) is 1. The fourth-order valence-corrected chi connectivity index (χ4v) is 2.19. The first-order valence-corrected chi connectivity index (χ1v) is 5.60. The van der Waals surface area contributed by atoms with Gasteiger partial charge in [0, 0.05) is 30.2 Å². The summed E-state index contributed by atoms with van der Waals surface area (Å²) in [5.74, 6) is -3.47. The van der Waals surface area contributed by atoms with Gasteiger partial charge in [0.15, 0.2) is 11.6 Å². The van der Waals surface area contributed by atoms with Crippen LogP contribution >= 0.6 is 0 Å². The van der Waals surface area contributed by atoms with E-state index in [2.05, 4.69) is 0 Å². The molecule has 2 unspecified atom stereocenters. The molecule has 100 valence electrons. The number of ether oxygens (including phenoxy) is 1. The molecule has 0 aromatic heterocycles. The molecule has 18 heavy (non-hydrogen) atoms. The van der Waals surface area contributed by atoms with Crippen molar-refractivity contribution >= 4 is 0 Å². The summed E-state index contributed by atoms with van der Waals surface area (Å²) in [6.07, 6.45) is -0.872. The SMILES string of the molecule is NCC1(C(O)c2cc(F)c(F)cc2F)CCOC1. The normalized spacial score (nSPS) is 25.4. The van der Waals surface area contributed by atoms with Crippen molar-refractivity contribution in [1.82, 2.24) is 0 Å². The topological polar surface area (TPSA) is 55.5 Å². The first-order chi connectivity index (χ1) is 8.50. The number of aliphatic hydroxyl groups is 1. The van der Waals surface area contributed by atoms with Crippen LogP contribution in [0.25, 0.3) is 0 Å². The second kappa shape index (κ2) is 4.87.